The standard InChI is InChI=1S/C11H8ClF2NO3/c12-4-7-1-6(3-9(16)17)2-8(5-15)10(7)18-11(13)14/h1-2,11H,3-4H2,(H,16,17). The molecule has 0 bridgehead atoms. The summed E-state index contributed by atoms with van der Waals surface area (Å²) < 4.78 is 28.6. The second-order valence-corrected chi connectivity index (χ2v) is 3.59. The Kier molecular flexibility index (Phi) is 4.86. The third-order valence-corrected chi connectivity index (χ3v) is 2.34. The molecule has 1 aromatic carbocycles. The van der Waals surface area contributed by atoms with E-state index >= 15 is 0 Å². The number of hydrogen-bond donors (Lipinski definition) is 1. The van der Waals surface area contributed by atoms with E-state index in [-0.39, 0.29) is 29.2 Å². The van der Waals surface area contributed by atoms with Crippen LogP contribution < -0.4 is 4.74 Å². The zero-order chi connectivity index (χ0) is 13.7. The summed E-state index contributed by atoms with van der Waals surface area (Å²) >= 11 is 5.57. The van der Waals surface area contributed by atoms with E-state index in [1.54, 1.807) is 6.07 Å². The topological polar surface area (TPSA) is 70.3 Å². The van der Waals surface area contributed by atoms with Crippen LogP contribution in [-0.2, 0) is 17.1 Å². The maximum atomic E-state index is 12.2. The van der Waals surface area contributed by atoms with Crippen LogP contribution in [0.25, 0.3) is 0 Å². The zero-order valence-corrected chi connectivity index (χ0v) is 9.75. The summed E-state index contributed by atoms with van der Waals surface area (Å²) in [6.07, 6.45) is -0.326. The first-order valence-electron chi connectivity index (χ1n) is 4.76. The summed E-state index contributed by atoms with van der Waals surface area (Å²) in [6.45, 7) is -3.08. The van der Waals surface area contributed by atoms with Gasteiger partial charge < -0.3 is 9.84 Å². The normalized spacial score (nSPS) is 10.2. The molecular weight excluding hydrogens is 268 g/mol. The van der Waals surface area contributed by atoms with E-state index in [0.717, 1.165) is 0 Å². The van der Waals surface area contributed by atoms with Crippen LogP contribution in [-0.4, -0.2) is 17.7 Å². The molecule has 7 heteroatoms. The third-order valence-electron chi connectivity index (χ3n) is 2.05. The Balaban J connectivity index is 3.26. The van der Waals surface area contributed by atoms with E-state index in [4.69, 9.17) is 22.0 Å². The van der Waals surface area contributed by atoms with Crippen molar-refractivity contribution in [1.82, 2.24) is 0 Å². The minimum Gasteiger partial charge on any atom is -0.481 e. The number of alkyl halides is 3. The summed E-state index contributed by atoms with van der Waals surface area (Å²) in [5, 5.41) is 17.5. The number of nitrogens with zero attached hydrogens (tertiary/aromatic N) is 1. The van der Waals surface area contributed by atoms with E-state index in [9.17, 15) is 13.6 Å². The van der Waals surface area contributed by atoms with E-state index < -0.39 is 12.6 Å². The van der Waals surface area contributed by atoms with E-state index in [1.165, 1.54) is 12.1 Å². The van der Waals surface area contributed by atoms with Gasteiger partial charge in [0.15, 0.2) is 0 Å². The van der Waals surface area contributed by atoms with Gasteiger partial charge in [-0.3, -0.25) is 4.79 Å². The van der Waals surface area contributed by atoms with Gasteiger partial charge in [0.25, 0.3) is 0 Å². The maximum absolute atomic E-state index is 12.2. The molecule has 0 amide bonds. The number of carbonyl (C=O) groups is 1. The van der Waals surface area contributed by atoms with Gasteiger partial charge in [-0.2, -0.15) is 14.0 Å². The number of aliphatic carboxylic acids is 1. The fraction of sp³-hybridized carbons (Fsp3) is 0.273. The monoisotopic (exact) mass is 275 g/mol. The summed E-state index contributed by atoms with van der Waals surface area (Å²) in [7, 11) is 0. The molecule has 0 fully saturated rings. The van der Waals surface area contributed by atoms with Crippen LogP contribution in [0.2, 0.25) is 0 Å². The predicted molar refractivity (Wildman–Crippen MR) is 58.7 cm³/mol. The molecule has 1 aromatic rings. The average molecular weight is 276 g/mol. The second kappa shape index (κ2) is 6.17. The second-order valence-electron chi connectivity index (χ2n) is 3.33. The van der Waals surface area contributed by atoms with Crippen LogP contribution in [0.5, 0.6) is 5.75 Å². The highest BCUT2D eigenvalue weighted by Gasteiger charge is 2.16. The van der Waals surface area contributed by atoms with Crippen molar-refractivity contribution in [2.75, 3.05) is 0 Å². The summed E-state index contributed by atoms with van der Waals surface area (Å²) in [5.41, 5.74) is 0.299. The molecule has 0 aliphatic heterocycles. The first-order chi connectivity index (χ1) is 8.47. The van der Waals surface area contributed by atoms with Gasteiger partial charge in [0, 0.05) is 5.56 Å². The number of benzene rings is 1. The molecule has 0 saturated carbocycles. The summed E-state index contributed by atoms with van der Waals surface area (Å²) in [6, 6.07) is 4.21. The molecule has 0 atom stereocenters. The quantitative estimate of drug-likeness (QED) is 0.838. The van der Waals surface area contributed by atoms with Crippen molar-refractivity contribution in [3.8, 4) is 11.8 Å². The zero-order valence-electron chi connectivity index (χ0n) is 8.99. The molecule has 4 nitrogen and oxygen atoms in total. The molecule has 0 aliphatic rings. The van der Waals surface area contributed by atoms with Crippen LogP contribution in [0.15, 0.2) is 12.1 Å². The van der Waals surface area contributed by atoms with E-state index in [2.05, 4.69) is 4.74 Å². The number of carboxylic acid groups (broad SMARTS) is 1. The Morgan fingerprint density at radius 1 is 1.56 bits per heavy atom. The lowest BCUT2D eigenvalue weighted by atomic mass is 10.0. The maximum Gasteiger partial charge on any atom is 0.387 e. The lowest BCUT2D eigenvalue weighted by Gasteiger charge is -2.12. The van der Waals surface area contributed by atoms with Crippen molar-refractivity contribution in [1.29, 1.82) is 5.26 Å². The highest BCUT2D eigenvalue weighted by atomic mass is 35.5. The van der Waals surface area contributed by atoms with Gasteiger partial charge in [-0.25, -0.2) is 0 Å². The molecule has 1 N–H and O–H groups in total. The molecular formula is C11H8ClF2NO3. The van der Waals surface area contributed by atoms with Crippen LogP contribution in [0.1, 0.15) is 16.7 Å². The third kappa shape index (κ3) is 3.57. The number of hydrogen-bond acceptors (Lipinski definition) is 3. The first-order valence-corrected chi connectivity index (χ1v) is 5.29. The van der Waals surface area contributed by atoms with Crippen LogP contribution in [0, 0.1) is 11.3 Å². The van der Waals surface area contributed by atoms with Crippen molar-refractivity contribution in [2.24, 2.45) is 0 Å². The van der Waals surface area contributed by atoms with E-state index in [0.29, 0.717) is 5.56 Å². The van der Waals surface area contributed by atoms with Gasteiger partial charge in [0.2, 0.25) is 0 Å². The fourth-order valence-corrected chi connectivity index (χ4v) is 1.64. The molecule has 96 valence electrons. The van der Waals surface area contributed by atoms with Gasteiger partial charge in [-0.15, -0.1) is 11.6 Å². The van der Waals surface area contributed by atoms with Crippen molar-refractivity contribution in [3.05, 3.63) is 28.8 Å². The van der Waals surface area contributed by atoms with Crippen molar-refractivity contribution < 1.29 is 23.4 Å². The number of ether oxygens (including phenoxy) is 1. The summed E-state index contributed by atoms with van der Waals surface area (Å²) in [5.74, 6) is -1.57. The lowest BCUT2D eigenvalue weighted by Crippen LogP contribution is -2.08. The molecule has 0 radical (unpaired) electrons. The Hall–Kier alpha value is -1.87. The highest BCUT2D eigenvalue weighted by molar-refractivity contribution is 6.17. The largest absolute Gasteiger partial charge is 0.481 e. The Morgan fingerprint density at radius 2 is 2.22 bits per heavy atom. The SMILES string of the molecule is N#Cc1cc(CC(=O)O)cc(CCl)c1OC(F)F. The minimum atomic E-state index is -3.08. The molecule has 18 heavy (non-hydrogen) atoms. The number of carboxylic acids is 1. The number of nitriles is 1. The first kappa shape index (κ1) is 14.2. The van der Waals surface area contributed by atoms with Crippen LogP contribution >= 0.6 is 11.6 Å². The van der Waals surface area contributed by atoms with Crippen LogP contribution in [0.4, 0.5) is 8.78 Å². The van der Waals surface area contributed by atoms with Gasteiger partial charge in [-0.05, 0) is 11.6 Å². The molecule has 0 aliphatic carbocycles. The van der Waals surface area contributed by atoms with Gasteiger partial charge in [0.1, 0.15) is 11.8 Å². The average Bonchev–Trinajstić information content (AvgIpc) is 2.29. The molecule has 0 heterocycles. The lowest BCUT2D eigenvalue weighted by molar-refractivity contribution is -0.136. The Bertz CT molecular complexity index is 500. The fourth-order valence-electron chi connectivity index (χ4n) is 1.44. The number of halogens is 3. The van der Waals surface area contributed by atoms with Crippen molar-refractivity contribution in [2.45, 2.75) is 18.9 Å². The van der Waals surface area contributed by atoms with Gasteiger partial charge >= 0.3 is 12.6 Å². The molecule has 0 unspecified atom stereocenters. The van der Waals surface area contributed by atoms with Gasteiger partial charge in [-0.1, -0.05) is 6.07 Å². The predicted octanol–water partition coefficient (Wildman–Crippen LogP) is 2.53. The Labute approximate surface area is 106 Å². The number of rotatable bonds is 5. The van der Waals surface area contributed by atoms with E-state index in [1.807, 2.05) is 0 Å². The van der Waals surface area contributed by atoms with Crippen LogP contribution in [0.3, 0.4) is 0 Å². The smallest absolute Gasteiger partial charge is 0.387 e. The molecule has 1 rings (SSSR count). The van der Waals surface area contributed by atoms with Crippen molar-refractivity contribution in [3.63, 3.8) is 0 Å². The Morgan fingerprint density at radius 3 is 2.67 bits per heavy atom. The summed E-state index contributed by atoms with van der Waals surface area (Å²) in [4.78, 5) is 10.6. The molecule has 0 saturated heterocycles. The molecule has 0 aromatic heterocycles. The van der Waals surface area contributed by atoms with Crippen molar-refractivity contribution >= 4 is 17.6 Å². The minimum absolute atomic E-state index is 0.160. The molecule has 0 spiro atoms. The van der Waals surface area contributed by atoms with Gasteiger partial charge in [0.05, 0.1) is 17.9 Å². The highest BCUT2D eigenvalue weighted by Crippen LogP contribution is 2.28.